The molecule has 1 aromatic rings. The van der Waals surface area contributed by atoms with Gasteiger partial charge in [0.2, 0.25) is 15.9 Å². The van der Waals surface area contributed by atoms with E-state index in [1.54, 1.807) is 0 Å². The Balaban J connectivity index is 3.17. The molecule has 1 aromatic heterocycles. The molecule has 0 aliphatic heterocycles. The maximum atomic E-state index is 12.2. The normalized spacial score (nSPS) is 11.1. The van der Waals surface area contributed by atoms with E-state index < -0.39 is 40.9 Å². The van der Waals surface area contributed by atoms with E-state index in [-0.39, 0.29) is 10.6 Å². The molecule has 21 heavy (non-hydrogen) atoms. The van der Waals surface area contributed by atoms with Gasteiger partial charge in [-0.2, -0.15) is 0 Å². The molecule has 116 valence electrons. The molecule has 10 nitrogen and oxygen atoms in total. The van der Waals surface area contributed by atoms with E-state index in [4.69, 9.17) is 16.0 Å². The van der Waals surface area contributed by atoms with Crippen LogP contribution in [0.3, 0.4) is 0 Å². The van der Waals surface area contributed by atoms with Crippen molar-refractivity contribution < 1.29 is 27.9 Å². The van der Waals surface area contributed by atoms with Gasteiger partial charge in [0.1, 0.15) is 23.7 Å². The molecule has 2 amide bonds. The van der Waals surface area contributed by atoms with Crippen LogP contribution in [-0.2, 0) is 26.7 Å². The van der Waals surface area contributed by atoms with Gasteiger partial charge in [0.25, 0.3) is 5.91 Å². The summed E-state index contributed by atoms with van der Waals surface area (Å²) < 4.78 is 23.6. The Bertz CT molecular complexity index is 676. The summed E-state index contributed by atoms with van der Waals surface area (Å²) in [6.45, 7) is -1.36. The van der Waals surface area contributed by atoms with Crippen LogP contribution in [0, 0.1) is 0 Å². The molecule has 0 aliphatic carbocycles. The molecule has 0 fully saturated rings. The van der Waals surface area contributed by atoms with Gasteiger partial charge in [-0.25, -0.2) is 13.6 Å². The summed E-state index contributed by atoms with van der Waals surface area (Å²) in [5.74, 6) is -3.09. The van der Waals surface area contributed by atoms with Gasteiger partial charge in [-0.3, -0.25) is 14.4 Å². The molecule has 0 radical (unpaired) electrons. The number of hydrogen-bond acceptors (Lipinski definition) is 5. The molecule has 0 atom stereocenters. The molecule has 0 spiro atoms. The third-order valence-corrected chi connectivity index (χ3v) is 3.37. The van der Waals surface area contributed by atoms with Crippen molar-refractivity contribution >= 4 is 27.8 Å². The summed E-state index contributed by atoms with van der Waals surface area (Å²) in [6.07, 6.45) is 1.10. The molecule has 0 unspecified atom stereocenters. The maximum Gasteiger partial charge on any atom is 0.323 e. The summed E-state index contributed by atoms with van der Waals surface area (Å²) in [4.78, 5) is 34.2. The van der Waals surface area contributed by atoms with Crippen molar-refractivity contribution in [1.29, 1.82) is 0 Å². The van der Waals surface area contributed by atoms with Gasteiger partial charge in [0.05, 0.1) is 0 Å². The Morgan fingerprint density at radius 2 is 1.90 bits per heavy atom. The highest BCUT2D eigenvalue weighted by atomic mass is 32.2. The quantitative estimate of drug-likeness (QED) is 0.532. The number of aryl methyl sites for hydroxylation is 1. The molecule has 0 saturated carbocycles. The number of aliphatic carboxylic acids is 1. The topological polar surface area (TPSA) is 166 Å². The second-order valence-corrected chi connectivity index (χ2v) is 5.80. The number of nitrogens with two attached hydrogens (primary N) is 2. The van der Waals surface area contributed by atoms with Gasteiger partial charge in [-0.1, -0.05) is 0 Å². The molecule has 5 N–H and O–H groups in total. The second-order valence-electron chi connectivity index (χ2n) is 4.24. The van der Waals surface area contributed by atoms with Crippen LogP contribution in [0.1, 0.15) is 10.5 Å². The Hall–Kier alpha value is -2.40. The molecule has 0 aliphatic rings. The third-order valence-electron chi connectivity index (χ3n) is 2.49. The average molecular weight is 318 g/mol. The van der Waals surface area contributed by atoms with Crippen molar-refractivity contribution in [1.82, 2.24) is 9.47 Å². The zero-order valence-electron chi connectivity index (χ0n) is 11.0. The largest absolute Gasteiger partial charge is 0.480 e. The predicted molar refractivity (Wildman–Crippen MR) is 69.5 cm³/mol. The lowest BCUT2D eigenvalue weighted by molar-refractivity contribution is -0.138. The van der Waals surface area contributed by atoms with Crippen molar-refractivity contribution in [3.05, 3.63) is 18.0 Å². The van der Waals surface area contributed by atoms with Crippen molar-refractivity contribution in [2.75, 3.05) is 13.1 Å². The predicted octanol–water partition coefficient (Wildman–Crippen LogP) is -2.32. The zero-order chi connectivity index (χ0) is 16.4. The fourth-order valence-corrected chi connectivity index (χ4v) is 2.20. The Morgan fingerprint density at radius 1 is 1.33 bits per heavy atom. The van der Waals surface area contributed by atoms with E-state index >= 15 is 0 Å². The number of carbonyl (C=O) groups excluding carboxylic acids is 2. The van der Waals surface area contributed by atoms with Crippen molar-refractivity contribution in [2.24, 2.45) is 17.9 Å². The zero-order valence-corrected chi connectivity index (χ0v) is 11.8. The lowest BCUT2D eigenvalue weighted by Crippen LogP contribution is -2.42. The monoisotopic (exact) mass is 318 g/mol. The van der Waals surface area contributed by atoms with Crippen LogP contribution in [0.2, 0.25) is 0 Å². The van der Waals surface area contributed by atoms with Crippen LogP contribution < -0.4 is 10.9 Å². The first kappa shape index (κ1) is 16.7. The number of aromatic nitrogens is 1. The van der Waals surface area contributed by atoms with E-state index in [0.717, 1.165) is 16.8 Å². The van der Waals surface area contributed by atoms with Crippen LogP contribution >= 0.6 is 0 Å². The number of carbonyl (C=O) groups is 3. The SMILES string of the molecule is Cn1cc(S(N)(=O)=O)cc1C(=O)N(CC(N)=O)CC(=O)O. The van der Waals surface area contributed by atoms with Gasteiger partial charge in [-0.15, -0.1) is 0 Å². The number of carboxylic acids is 1. The van der Waals surface area contributed by atoms with Crippen molar-refractivity contribution in [2.45, 2.75) is 4.90 Å². The fourth-order valence-electron chi connectivity index (χ4n) is 1.62. The molecular formula is C10H14N4O6S. The molecular weight excluding hydrogens is 304 g/mol. The van der Waals surface area contributed by atoms with Gasteiger partial charge in [0.15, 0.2) is 0 Å². The molecule has 1 rings (SSSR count). The summed E-state index contributed by atoms with van der Waals surface area (Å²) in [5, 5.41) is 13.7. The summed E-state index contributed by atoms with van der Waals surface area (Å²) in [5.41, 5.74) is 4.81. The average Bonchev–Trinajstić information content (AvgIpc) is 2.68. The minimum atomic E-state index is -4.01. The highest BCUT2D eigenvalue weighted by molar-refractivity contribution is 7.89. The fraction of sp³-hybridized carbons (Fsp3) is 0.300. The van der Waals surface area contributed by atoms with Gasteiger partial charge < -0.3 is 20.3 Å². The highest BCUT2D eigenvalue weighted by Crippen LogP contribution is 2.14. The first-order chi connectivity index (χ1) is 9.52. The Kier molecular flexibility index (Phi) is 4.70. The van der Waals surface area contributed by atoms with E-state index in [2.05, 4.69) is 0 Å². The lowest BCUT2D eigenvalue weighted by Gasteiger charge is -2.19. The number of carboxylic acid groups (broad SMARTS) is 1. The van der Waals surface area contributed by atoms with Crippen LogP contribution in [0.5, 0.6) is 0 Å². The minimum absolute atomic E-state index is 0.137. The Labute approximate surface area is 120 Å². The van der Waals surface area contributed by atoms with Crippen LogP contribution in [0.25, 0.3) is 0 Å². The van der Waals surface area contributed by atoms with Crippen molar-refractivity contribution in [3.63, 3.8) is 0 Å². The molecule has 0 aromatic carbocycles. The number of rotatable bonds is 6. The summed E-state index contributed by atoms with van der Waals surface area (Å²) in [7, 11) is -2.63. The number of primary amides is 1. The first-order valence-corrected chi connectivity index (χ1v) is 7.05. The Morgan fingerprint density at radius 3 is 2.29 bits per heavy atom. The second kappa shape index (κ2) is 5.93. The standard InChI is InChI=1S/C10H14N4O6S/c1-13-3-6(21(12,19)20)2-7(13)10(18)14(4-8(11)15)5-9(16)17/h2-3H,4-5H2,1H3,(H2,11,15)(H,16,17)(H2,12,19,20). The minimum Gasteiger partial charge on any atom is -0.480 e. The smallest absolute Gasteiger partial charge is 0.323 e. The number of nitrogens with zero attached hydrogens (tertiary/aromatic N) is 2. The van der Waals surface area contributed by atoms with Crippen molar-refractivity contribution in [3.8, 4) is 0 Å². The summed E-state index contributed by atoms with van der Waals surface area (Å²) >= 11 is 0. The summed E-state index contributed by atoms with van der Waals surface area (Å²) in [6, 6.07) is 0.994. The van der Waals surface area contributed by atoms with Crippen LogP contribution in [0.15, 0.2) is 17.2 Å². The van der Waals surface area contributed by atoms with Crippen LogP contribution in [-0.4, -0.2) is 53.9 Å². The van der Waals surface area contributed by atoms with E-state index in [1.165, 1.54) is 7.05 Å². The van der Waals surface area contributed by atoms with Crippen LogP contribution in [0.4, 0.5) is 0 Å². The molecule has 11 heteroatoms. The van der Waals surface area contributed by atoms with Gasteiger partial charge in [-0.05, 0) is 6.07 Å². The highest BCUT2D eigenvalue weighted by Gasteiger charge is 2.24. The van der Waals surface area contributed by atoms with E-state index in [9.17, 15) is 22.8 Å². The number of sulfonamides is 1. The molecule has 0 bridgehead atoms. The molecule has 0 saturated heterocycles. The number of primary sulfonamides is 1. The number of hydrogen-bond donors (Lipinski definition) is 3. The van der Waals surface area contributed by atoms with E-state index in [0.29, 0.717) is 4.90 Å². The molecule has 1 heterocycles. The van der Waals surface area contributed by atoms with E-state index in [1.807, 2.05) is 0 Å². The van der Waals surface area contributed by atoms with Gasteiger partial charge in [0, 0.05) is 13.2 Å². The third kappa shape index (κ3) is 4.29. The number of amides is 2. The first-order valence-electron chi connectivity index (χ1n) is 5.51. The maximum absolute atomic E-state index is 12.2. The van der Waals surface area contributed by atoms with Gasteiger partial charge >= 0.3 is 5.97 Å². The lowest BCUT2D eigenvalue weighted by atomic mass is 10.3.